The predicted octanol–water partition coefficient (Wildman–Crippen LogP) is 2.05. The monoisotopic (exact) mass is 319 g/mol. The summed E-state index contributed by atoms with van der Waals surface area (Å²) in [6.45, 7) is 0. The highest BCUT2D eigenvalue weighted by Gasteiger charge is 2.35. The number of halogens is 1. The van der Waals surface area contributed by atoms with E-state index in [1.54, 1.807) is 0 Å². The lowest BCUT2D eigenvalue weighted by Crippen LogP contribution is -2.17. The van der Waals surface area contributed by atoms with Gasteiger partial charge in [-0.2, -0.15) is 0 Å². The van der Waals surface area contributed by atoms with Crippen LogP contribution in [0.5, 0.6) is 0 Å². The summed E-state index contributed by atoms with van der Waals surface area (Å²) in [6, 6.07) is 4.33. The van der Waals surface area contributed by atoms with Gasteiger partial charge in [0, 0.05) is 10.2 Å². The van der Waals surface area contributed by atoms with E-state index in [1.165, 1.54) is 18.2 Å². The molecule has 2 rings (SSSR count). The van der Waals surface area contributed by atoms with Crippen molar-refractivity contribution in [3.05, 3.63) is 28.2 Å². The highest BCUT2D eigenvalue weighted by Crippen LogP contribution is 2.30. The Morgan fingerprint density at radius 1 is 1.41 bits per heavy atom. The quantitative estimate of drug-likeness (QED) is 0.889. The summed E-state index contributed by atoms with van der Waals surface area (Å²) < 4.78 is 26.1. The molecule has 1 fully saturated rings. The predicted molar refractivity (Wildman–Crippen MR) is 66.7 cm³/mol. The third-order valence-electron chi connectivity index (χ3n) is 2.42. The van der Waals surface area contributed by atoms with Gasteiger partial charge in [0.25, 0.3) is 0 Å². The van der Waals surface area contributed by atoms with Gasteiger partial charge in [0.15, 0.2) is 0 Å². The summed E-state index contributed by atoms with van der Waals surface area (Å²) >= 11 is 3.09. The average Bonchev–Trinajstić information content (AvgIpc) is 3.03. The second-order valence-electron chi connectivity index (χ2n) is 3.85. The fourth-order valence-corrected chi connectivity index (χ4v) is 3.17. The van der Waals surface area contributed by atoms with Gasteiger partial charge in [0.2, 0.25) is 10.0 Å². The molecule has 0 unspecified atom stereocenters. The van der Waals surface area contributed by atoms with E-state index in [2.05, 4.69) is 20.7 Å². The zero-order chi connectivity index (χ0) is 12.6. The molecule has 5 nitrogen and oxygen atoms in total. The Balaban J connectivity index is 2.28. The molecule has 92 valence electrons. The molecule has 2 N–H and O–H groups in total. The lowest BCUT2D eigenvalue weighted by Gasteiger charge is -2.08. The van der Waals surface area contributed by atoms with E-state index in [0.717, 1.165) is 0 Å². The topological polar surface area (TPSA) is 83.5 Å². The molecule has 0 aromatic heterocycles. The van der Waals surface area contributed by atoms with Crippen LogP contribution in [0.1, 0.15) is 23.2 Å². The molecule has 0 saturated heterocycles. The first kappa shape index (κ1) is 12.4. The summed E-state index contributed by atoms with van der Waals surface area (Å²) in [5.41, 5.74) is 0.304. The van der Waals surface area contributed by atoms with Gasteiger partial charge in [-0.05, 0) is 47.0 Å². The molecule has 17 heavy (non-hydrogen) atoms. The zero-order valence-corrected chi connectivity index (χ0v) is 11.1. The number of carbonyl (C=O) groups is 1. The number of benzene rings is 1. The number of nitrogens with one attached hydrogen (secondary N) is 1. The fourth-order valence-electron chi connectivity index (χ4n) is 1.38. The van der Waals surface area contributed by atoms with Crippen LogP contribution in [-0.2, 0) is 10.0 Å². The number of anilines is 1. The SMILES string of the molecule is O=C(O)c1cc(NS(=O)(=O)C2CC2)ccc1Br. The Hall–Kier alpha value is -1.08. The highest BCUT2D eigenvalue weighted by atomic mass is 79.9. The van der Waals surface area contributed by atoms with Crippen LogP contribution in [0.4, 0.5) is 5.69 Å². The number of carboxylic acid groups (broad SMARTS) is 1. The Bertz CT molecular complexity index is 566. The van der Waals surface area contributed by atoms with Crippen LogP contribution < -0.4 is 4.72 Å². The summed E-state index contributed by atoms with van der Waals surface area (Å²) in [6.07, 6.45) is 1.33. The molecule has 0 atom stereocenters. The van der Waals surface area contributed by atoms with Crippen LogP contribution in [0.2, 0.25) is 0 Å². The van der Waals surface area contributed by atoms with Gasteiger partial charge in [-0.3, -0.25) is 4.72 Å². The molecule has 1 aliphatic carbocycles. The molecule has 0 radical (unpaired) electrons. The normalized spacial score (nSPS) is 15.6. The van der Waals surface area contributed by atoms with Crippen molar-refractivity contribution in [2.45, 2.75) is 18.1 Å². The van der Waals surface area contributed by atoms with Crippen LogP contribution in [0.15, 0.2) is 22.7 Å². The number of sulfonamides is 1. The fraction of sp³-hybridized carbons (Fsp3) is 0.300. The van der Waals surface area contributed by atoms with Crippen LogP contribution in [0.25, 0.3) is 0 Å². The molecule has 7 heteroatoms. The van der Waals surface area contributed by atoms with Crippen LogP contribution in [-0.4, -0.2) is 24.7 Å². The molecule has 0 aliphatic heterocycles. The Kier molecular flexibility index (Phi) is 3.13. The number of hydrogen-bond acceptors (Lipinski definition) is 3. The molecular weight excluding hydrogens is 310 g/mol. The molecule has 1 aromatic carbocycles. The maximum Gasteiger partial charge on any atom is 0.336 e. The third-order valence-corrected chi connectivity index (χ3v) is 4.98. The maximum absolute atomic E-state index is 11.7. The molecular formula is C10H10BrNO4S. The molecule has 0 heterocycles. The zero-order valence-electron chi connectivity index (χ0n) is 8.68. The van der Waals surface area contributed by atoms with Gasteiger partial charge in [-0.25, -0.2) is 13.2 Å². The maximum atomic E-state index is 11.7. The number of carboxylic acids is 1. The lowest BCUT2D eigenvalue weighted by molar-refractivity contribution is 0.0696. The number of rotatable bonds is 4. The molecule has 0 bridgehead atoms. The average molecular weight is 320 g/mol. The van der Waals surface area contributed by atoms with Crippen LogP contribution in [0.3, 0.4) is 0 Å². The second-order valence-corrected chi connectivity index (χ2v) is 6.66. The minimum atomic E-state index is -3.35. The van der Waals surface area contributed by atoms with E-state index in [-0.39, 0.29) is 16.5 Å². The van der Waals surface area contributed by atoms with Crippen molar-refractivity contribution >= 4 is 37.6 Å². The van der Waals surface area contributed by atoms with E-state index >= 15 is 0 Å². The molecule has 0 spiro atoms. The summed E-state index contributed by atoms with van der Waals surface area (Å²) in [5.74, 6) is -1.11. The van der Waals surface area contributed by atoms with Crippen molar-refractivity contribution in [1.82, 2.24) is 0 Å². The Morgan fingerprint density at radius 3 is 2.59 bits per heavy atom. The summed E-state index contributed by atoms with van der Waals surface area (Å²) in [5, 5.41) is 8.57. The summed E-state index contributed by atoms with van der Waals surface area (Å²) in [4.78, 5) is 10.9. The van der Waals surface area contributed by atoms with Gasteiger partial charge >= 0.3 is 5.97 Å². The van der Waals surface area contributed by atoms with Crippen molar-refractivity contribution in [2.75, 3.05) is 4.72 Å². The van der Waals surface area contributed by atoms with E-state index in [4.69, 9.17) is 5.11 Å². The van der Waals surface area contributed by atoms with Gasteiger partial charge < -0.3 is 5.11 Å². The Labute approximate surface area is 107 Å². The largest absolute Gasteiger partial charge is 0.478 e. The molecule has 1 aliphatic rings. The first-order valence-electron chi connectivity index (χ1n) is 4.94. The van der Waals surface area contributed by atoms with Gasteiger partial charge in [-0.15, -0.1) is 0 Å². The molecule has 0 amide bonds. The van der Waals surface area contributed by atoms with Gasteiger partial charge in [0.1, 0.15) is 0 Å². The minimum Gasteiger partial charge on any atom is -0.478 e. The second kappa shape index (κ2) is 4.30. The van der Waals surface area contributed by atoms with Crippen molar-refractivity contribution in [1.29, 1.82) is 0 Å². The lowest BCUT2D eigenvalue weighted by atomic mass is 10.2. The van der Waals surface area contributed by atoms with E-state index in [9.17, 15) is 13.2 Å². The van der Waals surface area contributed by atoms with Crippen molar-refractivity contribution in [2.24, 2.45) is 0 Å². The van der Waals surface area contributed by atoms with Crippen molar-refractivity contribution < 1.29 is 18.3 Å². The number of aromatic carboxylic acids is 1. The Morgan fingerprint density at radius 2 is 2.06 bits per heavy atom. The molecule has 1 saturated carbocycles. The van der Waals surface area contributed by atoms with Crippen LogP contribution in [0, 0.1) is 0 Å². The van der Waals surface area contributed by atoms with Crippen LogP contribution >= 0.6 is 15.9 Å². The van der Waals surface area contributed by atoms with Gasteiger partial charge in [0.05, 0.1) is 10.8 Å². The van der Waals surface area contributed by atoms with Gasteiger partial charge in [-0.1, -0.05) is 0 Å². The van der Waals surface area contributed by atoms with Crippen molar-refractivity contribution in [3.8, 4) is 0 Å². The number of hydrogen-bond donors (Lipinski definition) is 2. The summed E-state index contributed by atoms with van der Waals surface area (Å²) in [7, 11) is -3.35. The van der Waals surface area contributed by atoms with E-state index in [0.29, 0.717) is 17.3 Å². The van der Waals surface area contributed by atoms with Crippen molar-refractivity contribution in [3.63, 3.8) is 0 Å². The first-order valence-corrected chi connectivity index (χ1v) is 7.28. The molecule has 1 aromatic rings. The smallest absolute Gasteiger partial charge is 0.336 e. The first-order chi connectivity index (χ1) is 7.90. The van der Waals surface area contributed by atoms with E-state index < -0.39 is 16.0 Å². The minimum absolute atomic E-state index is 0.0287. The standard InChI is InChI=1S/C10H10BrNO4S/c11-9-4-1-6(5-8(9)10(13)14)12-17(15,16)7-2-3-7/h1,4-5,7,12H,2-3H2,(H,13,14). The van der Waals surface area contributed by atoms with E-state index in [1.807, 2.05) is 0 Å². The highest BCUT2D eigenvalue weighted by molar-refractivity contribution is 9.10. The third kappa shape index (κ3) is 2.78.